The molecule has 0 aliphatic carbocycles. The third-order valence-corrected chi connectivity index (χ3v) is 4.22. The minimum absolute atomic E-state index is 0. The summed E-state index contributed by atoms with van der Waals surface area (Å²) in [6.07, 6.45) is 0. The SMILES string of the molecule is CCOc1ccc(NC(=NC)NCC(c2ccccc2)N(C)C)cc1OC.I. The standard InChI is InChI=1S/C21H30N4O2.HI/c1-6-27-19-13-12-17(14-20(19)26-5)24-21(22-2)23-15-18(25(3)4)16-10-8-7-9-11-16;/h7-14,18H,6,15H2,1-5H3,(H2,22,23,24);1H. The van der Waals surface area contributed by atoms with E-state index in [4.69, 9.17) is 9.47 Å². The second kappa shape index (κ2) is 12.5. The van der Waals surface area contributed by atoms with Gasteiger partial charge in [0, 0.05) is 25.3 Å². The number of nitrogens with one attached hydrogen (secondary N) is 2. The summed E-state index contributed by atoms with van der Waals surface area (Å²) in [6.45, 7) is 3.27. The molecule has 7 heteroatoms. The first kappa shape index (κ1) is 24.0. The van der Waals surface area contributed by atoms with E-state index in [0.29, 0.717) is 18.3 Å². The lowest BCUT2D eigenvalue weighted by atomic mass is 10.1. The molecule has 0 amide bonds. The molecule has 0 radical (unpaired) electrons. The molecule has 2 aromatic carbocycles. The Balaban J connectivity index is 0.00000392. The van der Waals surface area contributed by atoms with Gasteiger partial charge in [0.2, 0.25) is 0 Å². The van der Waals surface area contributed by atoms with Crippen LogP contribution in [0.25, 0.3) is 0 Å². The van der Waals surface area contributed by atoms with Crippen LogP contribution in [0.5, 0.6) is 11.5 Å². The van der Waals surface area contributed by atoms with Gasteiger partial charge >= 0.3 is 0 Å². The fourth-order valence-electron chi connectivity index (χ4n) is 2.80. The van der Waals surface area contributed by atoms with Crippen LogP contribution in [0.2, 0.25) is 0 Å². The van der Waals surface area contributed by atoms with Crippen molar-refractivity contribution in [2.24, 2.45) is 4.99 Å². The van der Waals surface area contributed by atoms with Crippen LogP contribution in [0.1, 0.15) is 18.5 Å². The van der Waals surface area contributed by atoms with Gasteiger partial charge in [0.25, 0.3) is 0 Å². The average molecular weight is 498 g/mol. The van der Waals surface area contributed by atoms with Crippen molar-refractivity contribution in [2.45, 2.75) is 13.0 Å². The molecule has 6 nitrogen and oxygen atoms in total. The number of ether oxygens (including phenoxy) is 2. The predicted octanol–water partition coefficient (Wildman–Crippen LogP) is 4.00. The van der Waals surface area contributed by atoms with Crippen molar-refractivity contribution in [1.29, 1.82) is 0 Å². The van der Waals surface area contributed by atoms with Gasteiger partial charge in [0.05, 0.1) is 19.8 Å². The van der Waals surface area contributed by atoms with Gasteiger partial charge in [0.15, 0.2) is 17.5 Å². The topological polar surface area (TPSA) is 58.1 Å². The molecule has 0 saturated heterocycles. The van der Waals surface area contributed by atoms with Crippen molar-refractivity contribution in [3.8, 4) is 11.5 Å². The van der Waals surface area contributed by atoms with E-state index in [0.717, 1.165) is 18.0 Å². The van der Waals surface area contributed by atoms with Gasteiger partial charge in [-0.2, -0.15) is 0 Å². The maximum Gasteiger partial charge on any atom is 0.195 e. The summed E-state index contributed by atoms with van der Waals surface area (Å²) >= 11 is 0. The first-order valence-corrected chi connectivity index (χ1v) is 9.08. The lowest BCUT2D eigenvalue weighted by Gasteiger charge is -2.26. The number of aliphatic imine (C=N–C) groups is 1. The number of nitrogens with zero attached hydrogens (tertiary/aromatic N) is 2. The zero-order valence-electron chi connectivity index (χ0n) is 17.2. The van der Waals surface area contributed by atoms with E-state index in [-0.39, 0.29) is 30.0 Å². The zero-order valence-corrected chi connectivity index (χ0v) is 19.6. The minimum Gasteiger partial charge on any atom is -0.493 e. The highest BCUT2D eigenvalue weighted by atomic mass is 127. The van der Waals surface area contributed by atoms with E-state index < -0.39 is 0 Å². The Labute approximate surface area is 185 Å². The van der Waals surface area contributed by atoms with Crippen molar-refractivity contribution in [1.82, 2.24) is 10.2 Å². The van der Waals surface area contributed by atoms with Crippen LogP contribution in [-0.2, 0) is 0 Å². The summed E-state index contributed by atoms with van der Waals surface area (Å²) in [5.41, 5.74) is 2.14. The predicted molar refractivity (Wildman–Crippen MR) is 127 cm³/mol. The van der Waals surface area contributed by atoms with Gasteiger partial charge in [-0.25, -0.2) is 0 Å². The number of hydrogen-bond acceptors (Lipinski definition) is 4. The molecular formula is C21H31IN4O2. The monoisotopic (exact) mass is 498 g/mol. The van der Waals surface area contributed by atoms with E-state index in [9.17, 15) is 0 Å². The molecule has 2 N–H and O–H groups in total. The highest BCUT2D eigenvalue weighted by Gasteiger charge is 2.14. The number of hydrogen-bond donors (Lipinski definition) is 2. The number of anilines is 1. The number of benzene rings is 2. The van der Waals surface area contributed by atoms with Gasteiger partial charge in [0.1, 0.15) is 0 Å². The van der Waals surface area contributed by atoms with Gasteiger partial charge in [-0.1, -0.05) is 30.3 Å². The van der Waals surface area contributed by atoms with Crippen LogP contribution in [0.4, 0.5) is 5.69 Å². The number of guanidine groups is 1. The second-order valence-corrected chi connectivity index (χ2v) is 6.27. The number of rotatable bonds is 8. The fourth-order valence-corrected chi connectivity index (χ4v) is 2.80. The lowest BCUT2D eigenvalue weighted by Crippen LogP contribution is -2.37. The van der Waals surface area contributed by atoms with Crippen LogP contribution in [0, 0.1) is 0 Å². The summed E-state index contributed by atoms with van der Waals surface area (Å²) in [5, 5.41) is 6.70. The van der Waals surface area contributed by atoms with Crippen LogP contribution < -0.4 is 20.1 Å². The van der Waals surface area contributed by atoms with Crippen molar-refractivity contribution >= 4 is 35.6 Å². The Morgan fingerprint density at radius 1 is 1.11 bits per heavy atom. The van der Waals surface area contributed by atoms with Crippen LogP contribution >= 0.6 is 24.0 Å². The maximum atomic E-state index is 5.56. The number of methoxy groups -OCH3 is 1. The van der Waals surface area contributed by atoms with Crippen molar-refractivity contribution < 1.29 is 9.47 Å². The van der Waals surface area contributed by atoms with E-state index in [1.807, 2.05) is 31.2 Å². The van der Waals surface area contributed by atoms with E-state index in [1.54, 1.807) is 14.2 Å². The summed E-state index contributed by atoms with van der Waals surface area (Å²) in [4.78, 5) is 6.52. The van der Waals surface area contributed by atoms with Gasteiger partial charge in [-0.15, -0.1) is 24.0 Å². The highest BCUT2D eigenvalue weighted by Crippen LogP contribution is 2.30. The third-order valence-electron chi connectivity index (χ3n) is 4.22. The average Bonchev–Trinajstić information content (AvgIpc) is 2.69. The molecule has 0 fully saturated rings. The molecule has 0 saturated carbocycles. The smallest absolute Gasteiger partial charge is 0.195 e. The van der Waals surface area contributed by atoms with Crippen molar-refractivity contribution in [3.63, 3.8) is 0 Å². The lowest BCUT2D eigenvalue weighted by molar-refractivity contribution is 0.299. The first-order valence-electron chi connectivity index (χ1n) is 9.08. The Morgan fingerprint density at radius 3 is 2.39 bits per heavy atom. The van der Waals surface area contributed by atoms with E-state index in [2.05, 4.69) is 58.9 Å². The van der Waals surface area contributed by atoms with Crippen LogP contribution in [0.3, 0.4) is 0 Å². The minimum atomic E-state index is 0. The summed E-state index contributed by atoms with van der Waals surface area (Å²) in [6, 6.07) is 16.4. The van der Waals surface area contributed by atoms with Crippen LogP contribution in [-0.4, -0.2) is 52.3 Å². The normalized spacial score (nSPS) is 12.1. The zero-order chi connectivity index (χ0) is 19.6. The Kier molecular flexibility index (Phi) is 10.7. The highest BCUT2D eigenvalue weighted by molar-refractivity contribution is 14.0. The fraction of sp³-hybridized carbons (Fsp3) is 0.381. The van der Waals surface area contributed by atoms with Crippen molar-refractivity contribution in [2.75, 3.05) is 46.7 Å². The van der Waals surface area contributed by atoms with Crippen LogP contribution in [0.15, 0.2) is 53.5 Å². The third kappa shape index (κ3) is 6.87. The Morgan fingerprint density at radius 2 is 1.82 bits per heavy atom. The molecule has 0 aliphatic rings. The largest absolute Gasteiger partial charge is 0.493 e. The molecule has 2 rings (SSSR count). The van der Waals surface area contributed by atoms with Gasteiger partial charge in [-0.05, 0) is 38.7 Å². The molecule has 0 aromatic heterocycles. The molecule has 1 unspecified atom stereocenters. The van der Waals surface area contributed by atoms with E-state index >= 15 is 0 Å². The molecule has 154 valence electrons. The molecule has 0 spiro atoms. The number of likely N-dealkylation sites (N-methyl/N-ethyl adjacent to an activating group) is 1. The summed E-state index contributed by atoms with van der Waals surface area (Å²) < 4.78 is 11.0. The van der Waals surface area contributed by atoms with E-state index in [1.165, 1.54) is 5.56 Å². The molecule has 0 bridgehead atoms. The molecule has 2 aromatic rings. The van der Waals surface area contributed by atoms with Gasteiger partial charge in [-0.3, -0.25) is 4.99 Å². The summed E-state index contributed by atoms with van der Waals surface area (Å²) in [5.74, 6) is 2.11. The van der Waals surface area contributed by atoms with Gasteiger partial charge < -0.3 is 25.0 Å². The summed E-state index contributed by atoms with van der Waals surface area (Å²) in [7, 11) is 7.55. The first-order chi connectivity index (χ1) is 13.1. The van der Waals surface area contributed by atoms with Crippen molar-refractivity contribution in [3.05, 3.63) is 54.1 Å². The maximum absolute atomic E-state index is 5.56. The molecule has 1 atom stereocenters. The molecule has 0 aliphatic heterocycles. The molecule has 0 heterocycles. The molecule has 28 heavy (non-hydrogen) atoms. The quantitative estimate of drug-likeness (QED) is 0.328. The number of halogens is 1. The Hall–Kier alpha value is -2.00. The molecular weight excluding hydrogens is 467 g/mol. The Bertz CT molecular complexity index is 738. The second-order valence-electron chi connectivity index (χ2n) is 6.27.